The molecule has 0 aromatic carbocycles. The van der Waals surface area contributed by atoms with Crippen LogP contribution in [0.25, 0.3) is 0 Å². The lowest BCUT2D eigenvalue weighted by molar-refractivity contribution is -0.870. The van der Waals surface area contributed by atoms with Crippen molar-refractivity contribution in [3.8, 4) is 0 Å². The van der Waals surface area contributed by atoms with Gasteiger partial charge in [-0.3, -0.25) is 13.8 Å². The van der Waals surface area contributed by atoms with Crippen LogP contribution in [0.3, 0.4) is 0 Å². The maximum atomic E-state index is 12.9. The first-order valence-electron chi connectivity index (χ1n) is 23.2. The van der Waals surface area contributed by atoms with Crippen molar-refractivity contribution in [3.05, 3.63) is 24.3 Å². The van der Waals surface area contributed by atoms with Gasteiger partial charge in [0.25, 0.3) is 0 Å². The molecule has 9 heteroatoms. The van der Waals surface area contributed by atoms with Gasteiger partial charge in [0, 0.05) is 6.42 Å². The van der Waals surface area contributed by atoms with Crippen molar-refractivity contribution in [2.75, 3.05) is 40.9 Å². The van der Waals surface area contributed by atoms with Gasteiger partial charge in [0.05, 0.1) is 39.9 Å². The molecule has 0 heterocycles. The number of hydrogen-bond acceptors (Lipinski definition) is 5. The van der Waals surface area contributed by atoms with E-state index in [1.54, 1.807) is 6.08 Å². The quantitative estimate of drug-likeness (QED) is 0.0246. The number of aliphatic hydroxyl groups excluding tert-OH is 1. The van der Waals surface area contributed by atoms with Gasteiger partial charge in [-0.15, -0.1) is 0 Å². The molecule has 3 N–H and O–H groups in total. The minimum Gasteiger partial charge on any atom is -0.387 e. The van der Waals surface area contributed by atoms with Crippen LogP contribution >= 0.6 is 7.82 Å². The van der Waals surface area contributed by atoms with Crippen LogP contribution in [0, 0.1) is 0 Å². The third kappa shape index (κ3) is 41.0. The number of carbonyl (C=O) groups is 1. The molecule has 0 aliphatic heterocycles. The predicted octanol–water partition coefficient (Wildman–Crippen LogP) is 12.9. The minimum absolute atomic E-state index is 0.0626. The number of phosphoric ester groups is 1. The Hall–Kier alpha value is -1.02. The number of unbranched alkanes of at least 4 members (excludes halogenated alkanes) is 27. The second-order valence-corrected chi connectivity index (χ2v) is 18.6. The molecule has 0 radical (unpaired) electrons. The average Bonchev–Trinajstić information content (AvgIpc) is 3.13. The van der Waals surface area contributed by atoms with Crippen LogP contribution in [0.1, 0.15) is 213 Å². The molecule has 8 nitrogen and oxygen atoms in total. The number of aliphatic hydroxyl groups is 1. The van der Waals surface area contributed by atoms with E-state index < -0.39 is 20.0 Å². The summed E-state index contributed by atoms with van der Waals surface area (Å²) in [5.41, 5.74) is 0. The number of nitrogens with one attached hydrogen (secondary N) is 1. The van der Waals surface area contributed by atoms with Crippen molar-refractivity contribution in [1.82, 2.24) is 5.32 Å². The average molecular weight is 800 g/mol. The molecule has 3 atom stereocenters. The SMILES string of the molecule is CCCCCCCC/C=C/CCCCCCCCCCCCCC(=O)N[C@@H](COP(=O)(O)OCC[N+](C)(C)C)[C@H](O)/C=C/CCCCCCCCCCCC. The molecule has 0 saturated heterocycles. The van der Waals surface area contributed by atoms with Crippen molar-refractivity contribution in [2.24, 2.45) is 0 Å². The monoisotopic (exact) mass is 800 g/mol. The molecule has 0 spiro atoms. The fourth-order valence-electron chi connectivity index (χ4n) is 6.68. The largest absolute Gasteiger partial charge is 0.472 e. The molecule has 0 bridgehead atoms. The summed E-state index contributed by atoms with van der Waals surface area (Å²) < 4.78 is 23.5. The Morgan fingerprint density at radius 3 is 1.40 bits per heavy atom. The van der Waals surface area contributed by atoms with Crippen LogP contribution in [-0.2, 0) is 18.4 Å². The molecular weight excluding hydrogens is 707 g/mol. The van der Waals surface area contributed by atoms with E-state index in [0.717, 1.165) is 38.5 Å². The topological polar surface area (TPSA) is 105 Å². The van der Waals surface area contributed by atoms with Crippen molar-refractivity contribution in [1.29, 1.82) is 0 Å². The molecular formula is C46H92N2O6P+. The summed E-state index contributed by atoms with van der Waals surface area (Å²) in [6.45, 7) is 4.81. The van der Waals surface area contributed by atoms with Gasteiger partial charge in [-0.05, 0) is 44.9 Å². The lowest BCUT2D eigenvalue weighted by atomic mass is 10.0. The van der Waals surface area contributed by atoms with Gasteiger partial charge >= 0.3 is 7.82 Å². The van der Waals surface area contributed by atoms with Crippen molar-refractivity contribution < 1.29 is 32.9 Å². The summed E-state index contributed by atoms with van der Waals surface area (Å²) in [6.07, 6.45) is 45.3. The zero-order valence-electron chi connectivity index (χ0n) is 36.9. The Bertz CT molecular complexity index is 953. The first-order valence-corrected chi connectivity index (χ1v) is 24.7. The molecule has 0 aromatic rings. The number of phosphoric acid groups is 1. The van der Waals surface area contributed by atoms with Crippen LogP contribution in [-0.4, -0.2) is 73.4 Å². The zero-order valence-corrected chi connectivity index (χ0v) is 37.8. The van der Waals surface area contributed by atoms with E-state index in [1.165, 1.54) is 154 Å². The number of quaternary nitrogens is 1. The maximum Gasteiger partial charge on any atom is 0.472 e. The first kappa shape index (κ1) is 54.0. The second kappa shape index (κ2) is 38.5. The van der Waals surface area contributed by atoms with E-state index in [2.05, 4.69) is 31.3 Å². The highest BCUT2D eigenvalue weighted by atomic mass is 31.2. The Balaban J connectivity index is 4.29. The highest BCUT2D eigenvalue weighted by molar-refractivity contribution is 7.47. The molecule has 0 rings (SSSR count). The standard InChI is InChI=1S/C46H91N2O6P/c1-6-8-10-12-14-16-18-20-21-22-23-24-25-26-27-28-30-32-34-36-38-40-46(50)47-44(43-54-55(51,52)53-42-41-48(3,4)5)45(49)39-37-35-33-31-29-19-17-15-13-11-9-7-2/h20-21,37,39,44-45,49H,6-19,22-36,38,40-43H2,1-5H3,(H-,47,50,51,52)/p+1/b21-20+,39-37+/t44-,45+/m0/s1. The number of nitrogens with zero attached hydrogens (tertiary/aromatic N) is 1. The summed E-state index contributed by atoms with van der Waals surface area (Å²) >= 11 is 0. The molecule has 55 heavy (non-hydrogen) atoms. The van der Waals surface area contributed by atoms with Gasteiger partial charge in [0.15, 0.2) is 0 Å². The molecule has 1 amide bonds. The third-order valence-corrected chi connectivity index (χ3v) is 11.4. The highest BCUT2D eigenvalue weighted by Gasteiger charge is 2.27. The lowest BCUT2D eigenvalue weighted by Crippen LogP contribution is -2.45. The second-order valence-electron chi connectivity index (χ2n) is 17.1. The Labute approximate surface area is 341 Å². The molecule has 0 fully saturated rings. The third-order valence-electron chi connectivity index (χ3n) is 10.4. The first-order chi connectivity index (χ1) is 26.5. The molecule has 1 unspecified atom stereocenters. The number of amides is 1. The normalized spacial score (nSPS) is 14.5. The lowest BCUT2D eigenvalue weighted by Gasteiger charge is -2.25. The summed E-state index contributed by atoms with van der Waals surface area (Å²) in [4.78, 5) is 23.1. The summed E-state index contributed by atoms with van der Waals surface area (Å²) in [5.74, 6) is -0.178. The van der Waals surface area contributed by atoms with E-state index in [0.29, 0.717) is 17.4 Å². The van der Waals surface area contributed by atoms with Crippen molar-refractivity contribution in [3.63, 3.8) is 0 Å². The number of rotatable bonds is 42. The predicted molar refractivity (Wildman–Crippen MR) is 235 cm³/mol. The van der Waals surface area contributed by atoms with Gasteiger partial charge in [0.1, 0.15) is 13.2 Å². The van der Waals surface area contributed by atoms with Gasteiger partial charge in [0.2, 0.25) is 5.91 Å². The van der Waals surface area contributed by atoms with E-state index in [9.17, 15) is 19.4 Å². The Kier molecular flexibility index (Phi) is 37.8. The van der Waals surface area contributed by atoms with Gasteiger partial charge in [-0.2, -0.15) is 0 Å². The van der Waals surface area contributed by atoms with Crippen molar-refractivity contribution in [2.45, 2.75) is 225 Å². The van der Waals surface area contributed by atoms with E-state index in [-0.39, 0.29) is 19.1 Å². The van der Waals surface area contributed by atoms with Gasteiger partial charge in [-0.25, -0.2) is 4.57 Å². The summed E-state index contributed by atoms with van der Waals surface area (Å²) in [5, 5.41) is 13.8. The van der Waals surface area contributed by atoms with Crippen LogP contribution < -0.4 is 5.32 Å². The molecule has 326 valence electrons. The molecule has 0 aromatic heterocycles. The highest BCUT2D eigenvalue weighted by Crippen LogP contribution is 2.43. The maximum absolute atomic E-state index is 12.9. The van der Waals surface area contributed by atoms with Gasteiger partial charge in [-0.1, -0.05) is 186 Å². The van der Waals surface area contributed by atoms with Crippen LogP contribution in [0.4, 0.5) is 0 Å². The summed E-state index contributed by atoms with van der Waals surface area (Å²) in [6, 6.07) is -0.842. The van der Waals surface area contributed by atoms with E-state index in [4.69, 9.17) is 9.05 Å². The zero-order chi connectivity index (χ0) is 40.7. The minimum atomic E-state index is -4.33. The van der Waals surface area contributed by atoms with Crippen LogP contribution in [0.2, 0.25) is 0 Å². The Morgan fingerprint density at radius 1 is 0.600 bits per heavy atom. The molecule has 0 aliphatic rings. The smallest absolute Gasteiger partial charge is 0.387 e. The number of allylic oxidation sites excluding steroid dienone is 3. The summed E-state index contributed by atoms with van der Waals surface area (Å²) in [7, 11) is 1.57. The van der Waals surface area contributed by atoms with Crippen LogP contribution in [0.5, 0.6) is 0 Å². The number of hydrogen-bond donors (Lipinski definition) is 3. The van der Waals surface area contributed by atoms with Crippen LogP contribution in [0.15, 0.2) is 24.3 Å². The van der Waals surface area contributed by atoms with E-state index >= 15 is 0 Å². The molecule has 0 aliphatic carbocycles. The van der Waals surface area contributed by atoms with Crippen molar-refractivity contribution >= 4 is 13.7 Å². The molecule has 0 saturated carbocycles. The fourth-order valence-corrected chi connectivity index (χ4v) is 7.42. The fraction of sp³-hybridized carbons (Fsp3) is 0.891. The van der Waals surface area contributed by atoms with Gasteiger partial charge < -0.3 is 19.8 Å². The number of carbonyl (C=O) groups excluding carboxylic acids is 1. The number of likely N-dealkylation sites (N-methyl/N-ethyl adjacent to an activating group) is 1. The van der Waals surface area contributed by atoms with E-state index in [1.807, 2.05) is 27.2 Å². The Morgan fingerprint density at radius 2 is 0.982 bits per heavy atom.